The molecule has 0 aliphatic carbocycles. The summed E-state index contributed by atoms with van der Waals surface area (Å²) in [5.74, 6) is -0.323. The van der Waals surface area contributed by atoms with E-state index in [0.29, 0.717) is 31.6 Å². The summed E-state index contributed by atoms with van der Waals surface area (Å²) in [6, 6.07) is 5.80. The van der Waals surface area contributed by atoms with Crippen molar-refractivity contribution >= 4 is 23.6 Å². The zero-order valence-electron chi connectivity index (χ0n) is 14.6. The zero-order chi connectivity index (χ0) is 18.4. The minimum atomic E-state index is -0.479. The molecule has 1 saturated heterocycles. The van der Waals surface area contributed by atoms with Crippen molar-refractivity contribution in [3.63, 3.8) is 0 Å². The van der Waals surface area contributed by atoms with Crippen molar-refractivity contribution < 1.29 is 14.5 Å². The number of hydrogen-bond donors (Lipinski definition) is 0. The van der Waals surface area contributed by atoms with Crippen molar-refractivity contribution in [1.29, 1.82) is 0 Å². The van der Waals surface area contributed by atoms with Crippen molar-refractivity contribution in [1.82, 2.24) is 9.80 Å². The topological polar surface area (TPSA) is 83.8 Å². The average Bonchev–Trinajstić information content (AvgIpc) is 3.10. The molecule has 2 rings (SSSR count). The van der Waals surface area contributed by atoms with Gasteiger partial charge in [0.1, 0.15) is 6.04 Å². The molecule has 0 N–H and O–H groups in total. The highest BCUT2D eigenvalue weighted by atomic mass is 16.6. The molecule has 2 amide bonds. The van der Waals surface area contributed by atoms with E-state index in [1.165, 1.54) is 18.2 Å². The fraction of sp³-hybridized carbons (Fsp3) is 0.444. The summed E-state index contributed by atoms with van der Waals surface area (Å²) >= 11 is 0. The molecule has 1 aromatic carbocycles. The molecule has 0 bridgehead atoms. The minimum absolute atomic E-state index is 0.0325. The molecule has 0 unspecified atom stereocenters. The summed E-state index contributed by atoms with van der Waals surface area (Å²) in [5.41, 5.74) is 0.315. The van der Waals surface area contributed by atoms with Crippen LogP contribution in [0.2, 0.25) is 0 Å². The maximum Gasteiger partial charge on any atom is 0.276 e. The molecule has 1 fully saturated rings. The number of likely N-dealkylation sites (tertiary alicyclic amines) is 1. The van der Waals surface area contributed by atoms with E-state index < -0.39 is 11.0 Å². The van der Waals surface area contributed by atoms with Crippen LogP contribution in [0.1, 0.15) is 32.3 Å². The van der Waals surface area contributed by atoms with E-state index >= 15 is 0 Å². The first-order chi connectivity index (χ1) is 12.0. The Labute approximate surface area is 147 Å². The van der Waals surface area contributed by atoms with Crippen molar-refractivity contribution in [2.24, 2.45) is 0 Å². The Bertz CT molecular complexity index is 683. The first kappa shape index (κ1) is 18.6. The van der Waals surface area contributed by atoms with Gasteiger partial charge in [0.25, 0.3) is 5.69 Å². The van der Waals surface area contributed by atoms with E-state index in [-0.39, 0.29) is 17.5 Å². The number of nitrogens with zero attached hydrogens (tertiary/aromatic N) is 3. The van der Waals surface area contributed by atoms with Crippen LogP contribution in [-0.4, -0.2) is 52.2 Å². The van der Waals surface area contributed by atoms with E-state index in [2.05, 4.69) is 0 Å². The summed E-state index contributed by atoms with van der Waals surface area (Å²) in [6.45, 7) is 5.57. The predicted octanol–water partition coefficient (Wildman–Crippen LogP) is 2.47. The van der Waals surface area contributed by atoms with Crippen LogP contribution >= 0.6 is 0 Å². The Balaban J connectivity index is 2.14. The minimum Gasteiger partial charge on any atom is -0.341 e. The lowest BCUT2D eigenvalue weighted by atomic mass is 10.1. The average molecular weight is 345 g/mol. The molecule has 1 aromatic rings. The van der Waals surface area contributed by atoms with Gasteiger partial charge >= 0.3 is 0 Å². The Morgan fingerprint density at radius 3 is 2.64 bits per heavy atom. The molecule has 0 radical (unpaired) electrons. The number of benzene rings is 1. The van der Waals surface area contributed by atoms with E-state index in [4.69, 9.17) is 0 Å². The summed E-state index contributed by atoms with van der Waals surface area (Å²) in [7, 11) is 0. The van der Waals surface area contributed by atoms with Crippen molar-refractivity contribution in [2.45, 2.75) is 32.7 Å². The van der Waals surface area contributed by atoms with Crippen LogP contribution in [0.15, 0.2) is 30.3 Å². The van der Waals surface area contributed by atoms with Gasteiger partial charge in [0.15, 0.2) is 0 Å². The maximum absolute atomic E-state index is 12.6. The first-order valence-electron chi connectivity index (χ1n) is 8.50. The molecule has 7 heteroatoms. The summed E-state index contributed by atoms with van der Waals surface area (Å²) < 4.78 is 0. The first-order valence-corrected chi connectivity index (χ1v) is 8.50. The highest BCUT2D eigenvalue weighted by molar-refractivity contribution is 5.96. The van der Waals surface area contributed by atoms with E-state index in [1.807, 2.05) is 13.8 Å². The number of nitro benzene ring substituents is 1. The van der Waals surface area contributed by atoms with Gasteiger partial charge in [-0.1, -0.05) is 12.1 Å². The van der Waals surface area contributed by atoms with Gasteiger partial charge in [-0.25, -0.2) is 0 Å². The molecule has 0 saturated carbocycles. The second-order valence-corrected chi connectivity index (χ2v) is 5.85. The Hall–Kier alpha value is -2.70. The molecule has 0 aromatic heterocycles. The van der Waals surface area contributed by atoms with Crippen molar-refractivity contribution in [3.05, 3.63) is 46.0 Å². The summed E-state index contributed by atoms with van der Waals surface area (Å²) in [6.07, 6.45) is 4.19. The van der Waals surface area contributed by atoms with Crippen LogP contribution in [0, 0.1) is 10.1 Å². The van der Waals surface area contributed by atoms with Crippen LogP contribution in [0.3, 0.4) is 0 Å². The SMILES string of the molecule is CCN(CC)C(=O)[C@@H]1CCCN1C(=O)/C=C/c1ccccc1[N+](=O)[O-]. The van der Waals surface area contributed by atoms with E-state index in [0.717, 1.165) is 6.42 Å². The largest absolute Gasteiger partial charge is 0.341 e. The number of likely N-dealkylation sites (N-methyl/N-ethyl adjacent to an activating group) is 1. The van der Waals surface area contributed by atoms with Crippen LogP contribution in [0.4, 0.5) is 5.69 Å². The standard InChI is InChI=1S/C18H23N3O4/c1-3-19(4-2)18(23)16-10-7-13-20(16)17(22)12-11-14-8-5-6-9-15(14)21(24)25/h5-6,8-9,11-12,16H,3-4,7,10,13H2,1-2H3/b12-11+/t16-/m0/s1. The monoisotopic (exact) mass is 345 g/mol. The molecule has 25 heavy (non-hydrogen) atoms. The molecule has 1 aliphatic rings. The van der Waals surface area contributed by atoms with Gasteiger partial charge in [-0.2, -0.15) is 0 Å². The van der Waals surface area contributed by atoms with Gasteiger partial charge in [-0.15, -0.1) is 0 Å². The summed E-state index contributed by atoms with van der Waals surface area (Å²) in [4.78, 5) is 38.9. The predicted molar refractivity (Wildman–Crippen MR) is 94.8 cm³/mol. The van der Waals surface area contributed by atoms with Gasteiger partial charge in [-0.05, 0) is 38.8 Å². The maximum atomic E-state index is 12.6. The Morgan fingerprint density at radius 2 is 2.00 bits per heavy atom. The van der Waals surface area contributed by atoms with Gasteiger partial charge in [0.05, 0.1) is 10.5 Å². The smallest absolute Gasteiger partial charge is 0.276 e. The lowest BCUT2D eigenvalue weighted by molar-refractivity contribution is -0.385. The van der Waals surface area contributed by atoms with Crippen molar-refractivity contribution in [2.75, 3.05) is 19.6 Å². The Kier molecular flexibility index (Phi) is 6.27. The number of carbonyl (C=O) groups excluding carboxylic acids is 2. The lowest BCUT2D eigenvalue weighted by Crippen LogP contribution is -2.47. The normalized spacial score (nSPS) is 17.0. The molecule has 7 nitrogen and oxygen atoms in total. The molecule has 1 atom stereocenters. The second-order valence-electron chi connectivity index (χ2n) is 5.85. The highest BCUT2D eigenvalue weighted by Gasteiger charge is 2.34. The zero-order valence-corrected chi connectivity index (χ0v) is 14.6. The third-order valence-corrected chi connectivity index (χ3v) is 4.43. The fourth-order valence-electron chi connectivity index (χ4n) is 3.08. The van der Waals surface area contributed by atoms with Gasteiger partial charge in [-0.3, -0.25) is 19.7 Å². The summed E-state index contributed by atoms with van der Waals surface area (Å²) in [5, 5.41) is 11.0. The molecular weight excluding hydrogens is 322 g/mol. The number of amides is 2. The molecular formula is C18H23N3O4. The van der Waals surface area contributed by atoms with Crippen LogP contribution in [-0.2, 0) is 9.59 Å². The molecule has 1 aliphatic heterocycles. The number of para-hydroxylation sites is 1. The van der Waals surface area contributed by atoms with Crippen LogP contribution in [0.5, 0.6) is 0 Å². The van der Waals surface area contributed by atoms with Crippen LogP contribution < -0.4 is 0 Å². The third-order valence-electron chi connectivity index (χ3n) is 4.43. The third kappa shape index (κ3) is 4.23. The van der Waals surface area contributed by atoms with Crippen molar-refractivity contribution in [3.8, 4) is 0 Å². The quantitative estimate of drug-likeness (QED) is 0.450. The number of rotatable bonds is 6. The van der Waals surface area contributed by atoms with Gasteiger partial charge in [0, 0.05) is 31.8 Å². The van der Waals surface area contributed by atoms with Crippen LogP contribution in [0.25, 0.3) is 6.08 Å². The molecule has 1 heterocycles. The van der Waals surface area contributed by atoms with Gasteiger partial charge in [0.2, 0.25) is 11.8 Å². The molecule has 134 valence electrons. The Morgan fingerprint density at radius 1 is 1.32 bits per heavy atom. The fourth-order valence-corrected chi connectivity index (χ4v) is 3.08. The number of hydrogen-bond acceptors (Lipinski definition) is 4. The van der Waals surface area contributed by atoms with Gasteiger partial charge < -0.3 is 9.80 Å². The number of nitro groups is 1. The van der Waals surface area contributed by atoms with E-state index in [9.17, 15) is 19.7 Å². The lowest BCUT2D eigenvalue weighted by Gasteiger charge is -2.28. The highest BCUT2D eigenvalue weighted by Crippen LogP contribution is 2.22. The molecule has 0 spiro atoms. The number of carbonyl (C=O) groups is 2. The van der Waals surface area contributed by atoms with E-state index in [1.54, 1.807) is 28.0 Å². The second kappa shape index (κ2) is 8.41.